The summed E-state index contributed by atoms with van der Waals surface area (Å²) in [6, 6.07) is 41.4. The summed E-state index contributed by atoms with van der Waals surface area (Å²) in [5.41, 5.74) is 10.7. The van der Waals surface area contributed by atoms with Crippen LogP contribution in [0.1, 0.15) is 59.1 Å². The zero-order valence-corrected chi connectivity index (χ0v) is 38.0. The van der Waals surface area contributed by atoms with E-state index in [4.69, 9.17) is 0 Å². The van der Waals surface area contributed by atoms with Crippen LogP contribution in [0.5, 0.6) is 0 Å². The second kappa shape index (κ2) is 20.8. The molecular weight excluding hydrogens is 961 g/mol. The molecule has 0 N–H and O–H groups in total. The minimum absolute atomic E-state index is 0. The molecule has 0 fully saturated rings. The molecular formula is C47H53F6IrN2P2-. The third-order valence-electron chi connectivity index (χ3n) is 8.95. The fourth-order valence-corrected chi connectivity index (χ4v) is 9.30. The predicted molar refractivity (Wildman–Crippen MR) is 236 cm³/mol. The van der Waals surface area contributed by atoms with Crippen LogP contribution >= 0.6 is 15.7 Å². The van der Waals surface area contributed by atoms with E-state index in [-0.39, 0.29) is 20.1 Å². The van der Waals surface area contributed by atoms with E-state index in [0.717, 1.165) is 6.67 Å². The van der Waals surface area contributed by atoms with E-state index in [1.807, 2.05) is 0 Å². The Labute approximate surface area is 355 Å². The quantitative estimate of drug-likeness (QED) is 0.0983. The summed E-state index contributed by atoms with van der Waals surface area (Å²) in [5.74, 6) is 0. The van der Waals surface area contributed by atoms with Crippen LogP contribution in [0, 0.1) is 41.5 Å². The number of rotatable bonds is 5. The molecule has 5 aromatic carbocycles. The van der Waals surface area contributed by atoms with Gasteiger partial charge in [0.15, 0.2) is 0 Å². The smallest absolute Gasteiger partial charge is 0 e. The van der Waals surface area contributed by atoms with Crippen LogP contribution < -0.4 is 25.7 Å². The number of nitrogens with zero attached hydrogens (tertiary/aromatic N) is 2. The van der Waals surface area contributed by atoms with Crippen LogP contribution in [0.15, 0.2) is 152 Å². The first-order valence-corrected chi connectivity index (χ1v) is 22.3. The Morgan fingerprint density at radius 2 is 0.672 bits per heavy atom. The van der Waals surface area contributed by atoms with Crippen LogP contribution in [0.2, 0.25) is 0 Å². The number of anilines is 2. The number of hydrogen-bond acceptors (Lipinski definition) is 2. The molecule has 1 aliphatic heterocycles. The second-order valence-corrected chi connectivity index (χ2v) is 18.4. The third-order valence-corrected chi connectivity index (χ3v) is 11.4. The molecule has 0 saturated carbocycles. The summed E-state index contributed by atoms with van der Waals surface area (Å²) < 4.78 is 59.2. The number of aryl methyl sites for hydroxylation is 6. The van der Waals surface area contributed by atoms with Crippen molar-refractivity contribution in [2.75, 3.05) is 16.5 Å². The van der Waals surface area contributed by atoms with Crippen molar-refractivity contribution >= 4 is 43.0 Å². The van der Waals surface area contributed by atoms with Gasteiger partial charge in [0.2, 0.25) is 0 Å². The van der Waals surface area contributed by atoms with E-state index in [1.165, 1.54) is 86.4 Å². The molecule has 2 aliphatic rings. The Bertz CT molecular complexity index is 1900. The van der Waals surface area contributed by atoms with Crippen molar-refractivity contribution in [2.24, 2.45) is 0 Å². The number of allylic oxidation sites excluding steroid dienone is 4. The van der Waals surface area contributed by atoms with Crippen molar-refractivity contribution in [1.29, 1.82) is 0 Å². The summed E-state index contributed by atoms with van der Waals surface area (Å²) in [5, 5.41) is 4.19. The van der Waals surface area contributed by atoms with Crippen molar-refractivity contribution < 1.29 is 45.3 Å². The van der Waals surface area contributed by atoms with Crippen molar-refractivity contribution in [3.05, 3.63) is 185 Å². The van der Waals surface area contributed by atoms with E-state index in [9.17, 15) is 25.2 Å². The van der Waals surface area contributed by atoms with Gasteiger partial charge in [0.1, 0.15) is 0 Å². The van der Waals surface area contributed by atoms with Crippen LogP contribution in [0.25, 0.3) is 0 Å². The molecule has 0 bridgehead atoms. The third kappa shape index (κ3) is 17.1. The SMILES string of the molecule is C1=CCCC=CCC1.Cc1cc(C)c(N2C=CN(c3c(C)cc(C)cc3C)C2)c(C)c1.F[P-](F)(F)(F)(F)F.[Ir].c1ccc(P(c2ccccc2)c2ccccc2)cc1. The van der Waals surface area contributed by atoms with Crippen molar-refractivity contribution in [2.45, 2.75) is 67.2 Å². The summed E-state index contributed by atoms with van der Waals surface area (Å²) in [6.45, 7) is 14.0. The fourth-order valence-electron chi connectivity index (χ4n) is 7.00. The predicted octanol–water partition coefficient (Wildman–Crippen LogP) is 14.8. The van der Waals surface area contributed by atoms with E-state index in [0.29, 0.717) is 0 Å². The molecule has 313 valence electrons. The minimum atomic E-state index is -10.7. The molecule has 0 unspecified atom stereocenters. The maximum atomic E-state index is 9.87. The van der Waals surface area contributed by atoms with Gasteiger partial charge in [-0.15, -0.1) is 0 Å². The average Bonchev–Trinajstić information content (AvgIpc) is 3.57. The summed E-state index contributed by atoms with van der Waals surface area (Å²) in [6.07, 6.45) is 18.4. The number of hydrogen-bond donors (Lipinski definition) is 0. The Morgan fingerprint density at radius 1 is 0.431 bits per heavy atom. The van der Waals surface area contributed by atoms with Gasteiger partial charge < -0.3 is 9.80 Å². The molecule has 58 heavy (non-hydrogen) atoms. The van der Waals surface area contributed by atoms with Crippen molar-refractivity contribution in [3.8, 4) is 0 Å². The van der Waals surface area contributed by atoms with Gasteiger partial charge in [0, 0.05) is 43.9 Å². The second-order valence-electron chi connectivity index (χ2n) is 14.3. The van der Waals surface area contributed by atoms with Gasteiger partial charge in [0.05, 0.1) is 6.67 Å². The summed E-state index contributed by atoms with van der Waals surface area (Å²) >= 11 is 0. The van der Waals surface area contributed by atoms with Gasteiger partial charge in [-0.3, -0.25) is 0 Å². The molecule has 0 atom stereocenters. The van der Waals surface area contributed by atoms with E-state index < -0.39 is 15.7 Å². The van der Waals surface area contributed by atoms with Crippen LogP contribution in [-0.4, -0.2) is 6.67 Å². The molecule has 5 aromatic rings. The fraction of sp³-hybridized carbons (Fsp3) is 0.234. The monoisotopic (exact) mass is 1010 g/mol. The summed E-state index contributed by atoms with van der Waals surface area (Å²) in [7, 11) is -11.1. The normalized spacial score (nSPS) is 14.6. The first kappa shape index (κ1) is 48.4. The van der Waals surface area contributed by atoms with Crippen molar-refractivity contribution in [3.63, 3.8) is 0 Å². The van der Waals surface area contributed by atoms with E-state index in [2.05, 4.69) is 203 Å². The maximum absolute atomic E-state index is 10.7. The Morgan fingerprint density at radius 3 is 0.914 bits per heavy atom. The van der Waals surface area contributed by atoms with Gasteiger partial charge in [-0.25, -0.2) is 0 Å². The average molecular weight is 1010 g/mol. The van der Waals surface area contributed by atoms with Crippen LogP contribution in [-0.2, 0) is 20.1 Å². The van der Waals surface area contributed by atoms with Gasteiger partial charge >= 0.3 is 33.0 Å². The molecule has 0 aromatic heterocycles. The molecule has 1 heterocycles. The molecule has 7 rings (SSSR count). The van der Waals surface area contributed by atoms with Gasteiger partial charge in [-0.1, -0.05) is 151 Å². The molecule has 11 heteroatoms. The maximum Gasteiger partial charge on any atom is 0 e. The molecule has 0 spiro atoms. The van der Waals surface area contributed by atoms with Crippen LogP contribution in [0.3, 0.4) is 0 Å². The first-order chi connectivity index (χ1) is 26.8. The largest absolute Gasteiger partial charge is 0.0622 e. The standard InChI is InChI=1S/C21H26N2.C18H15P.C8H12.F6P.Ir/c1-14-9-16(3)20(17(4)10-14)22-7-8-23(13-22)21-18(5)11-15(2)12-19(21)6;1-4-10-16(11-5-1)19(17-12-6-2-7-13-17)18-14-8-3-9-15-18;1-2-4-6-8-7-5-3-1;1-7(2,3,4,5)6;/h7-12H,13H2,1-6H3;1-15H;1-2,7-8H,3-6H2;;/q;;;-1;. The zero-order chi connectivity index (χ0) is 41.7. The summed E-state index contributed by atoms with van der Waals surface area (Å²) in [4.78, 5) is 4.70. The van der Waals surface area contributed by atoms with E-state index >= 15 is 0 Å². The molecule has 0 amide bonds. The van der Waals surface area contributed by atoms with Gasteiger partial charge in [0.25, 0.3) is 0 Å². The molecule has 2 nitrogen and oxygen atoms in total. The Balaban J connectivity index is 0.000000230. The Hall–Kier alpha value is -3.99. The minimum Gasteiger partial charge on any atom is -0.0622 e. The zero-order valence-electron chi connectivity index (χ0n) is 33.9. The van der Waals surface area contributed by atoms with E-state index in [1.54, 1.807) is 0 Å². The van der Waals surface area contributed by atoms with Gasteiger partial charge in [-0.2, -0.15) is 0 Å². The first-order valence-electron chi connectivity index (χ1n) is 19.0. The Kier molecular flexibility index (Phi) is 17.4. The molecule has 0 saturated heterocycles. The topological polar surface area (TPSA) is 6.48 Å². The van der Waals surface area contributed by atoms with Crippen molar-refractivity contribution in [1.82, 2.24) is 0 Å². The number of halogens is 6. The molecule has 1 aliphatic carbocycles. The van der Waals surface area contributed by atoms with Gasteiger partial charge in [-0.05, 0) is 113 Å². The van der Waals surface area contributed by atoms with Crippen LogP contribution in [0.4, 0.5) is 36.6 Å². The number of benzene rings is 5. The molecule has 1 radical (unpaired) electrons.